The Morgan fingerprint density at radius 1 is 0.692 bits per heavy atom. The third kappa shape index (κ3) is 4.41. The van der Waals surface area contributed by atoms with Crippen LogP contribution in [0.3, 0.4) is 0 Å². The Hall–Kier alpha value is -4.62. The van der Waals surface area contributed by atoms with Crippen molar-refractivity contribution in [2.24, 2.45) is 0 Å². The molecule has 2 aliphatic rings. The van der Waals surface area contributed by atoms with Gasteiger partial charge in [0.15, 0.2) is 0 Å². The van der Waals surface area contributed by atoms with E-state index in [9.17, 15) is 9.59 Å². The van der Waals surface area contributed by atoms with E-state index < -0.39 is 17.6 Å². The minimum atomic E-state index is -0.777. The number of benzene rings is 4. The number of hydrogen-bond donors (Lipinski definition) is 1. The number of hydrogen-bond acceptors (Lipinski definition) is 5. The number of nitrogen functional groups attached to an aromatic ring is 1. The van der Waals surface area contributed by atoms with Crippen LogP contribution in [0.15, 0.2) is 109 Å². The van der Waals surface area contributed by atoms with Gasteiger partial charge in [-0.05, 0) is 53.1 Å². The molecule has 2 heterocycles. The zero-order chi connectivity index (χ0) is 26.8. The summed E-state index contributed by atoms with van der Waals surface area (Å²) in [5.74, 6) is -0.0753. The molecule has 1 atom stereocenters. The van der Waals surface area contributed by atoms with Gasteiger partial charge in [-0.3, -0.25) is 9.69 Å². The predicted molar refractivity (Wildman–Crippen MR) is 151 cm³/mol. The van der Waals surface area contributed by atoms with E-state index >= 15 is 0 Å². The topological polar surface area (TPSA) is 85.1 Å². The van der Waals surface area contributed by atoms with Gasteiger partial charge in [-0.2, -0.15) is 0 Å². The Morgan fingerprint density at radius 2 is 1.23 bits per heavy atom. The van der Waals surface area contributed by atoms with E-state index in [4.69, 9.17) is 15.2 Å². The van der Waals surface area contributed by atoms with Crippen molar-refractivity contribution >= 4 is 29.1 Å². The molecule has 0 saturated carbocycles. The van der Waals surface area contributed by atoms with Gasteiger partial charge in [0.1, 0.15) is 12.7 Å². The largest absolute Gasteiger partial charge is 0.442 e. The van der Waals surface area contributed by atoms with E-state index in [-0.39, 0.29) is 12.5 Å². The molecule has 0 aliphatic carbocycles. The molecular weight excluding hydrogens is 490 g/mol. The Kier molecular flexibility index (Phi) is 6.50. The smallest absolute Gasteiger partial charge is 0.414 e. The van der Waals surface area contributed by atoms with Crippen LogP contribution in [0.1, 0.15) is 16.7 Å². The summed E-state index contributed by atoms with van der Waals surface area (Å²) >= 11 is 0. The Morgan fingerprint density at radius 3 is 1.79 bits per heavy atom. The van der Waals surface area contributed by atoms with E-state index in [0.717, 1.165) is 22.4 Å². The number of ether oxygens (including phenoxy) is 2. The molecule has 39 heavy (non-hydrogen) atoms. The van der Waals surface area contributed by atoms with Gasteiger partial charge < -0.3 is 20.1 Å². The number of anilines is 3. The summed E-state index contributed by atoms with van der Waals surface area (Å²) in [7, 11) is 0. The van der Waals surface area contributed by atoms with Crippen LogP contribution in [0.4, 0.5) is 21.9 Å². The Labute approximate surface area is 227 Å². The van der Waals surface area contributed by atoms with E-state index in [0.29, 0.717) is 31.1 Å². The minimum Gasteiger partial charge on any atom is -0.442 e. The second kappa shape index (κ2) is 10.3. The quantitative estimate of drug-likeness (QED) is 0.287. The van der Waals surface area contributed by atoms with Gasteiger partial charge in [-0.25, -0.2) is 4.79 Å². The third-order valence-electron chi connectivity index (χ3n) is 7.58. The minimum absolute atomic E-state index is 0.0753. The summed E-state index contributed by atoms with van der Waals surface area (Å²) in [5, 5.41) is 0. The first-order valence-electron chi connectivity index (χ1n) is 13.0. The fourth-order valence-electron chi connectivity index (χ4n) is 5.71. The summed E-state index contributed by atoms with van der Waals surface area (Å²) in [6.45, 7) is 1.42. The van der Waals surface area contributed by atoms with Gasteiger partial charge in [0.25, 0.3) is 5.91 Å². The zero-order valence-corrected chi connectivity index (χ0v) is 21.4. The molecule has 4 aromatic rings. The maximum Gasteiger partial charge on any atom is 0.414 e. The standard InChI is InChI=1S/C32H29N3O4/c33-26-13-11-25(12-14-26)32(23-7-3-1-4-8-23,24-9-5-2-6-10-24)29-21-35(31(37)39-29)28-17-15-27(16-18-28)34-19-20-38-22-30(34)36/h1-18,29H,19-22,33H2/t29-/m1/s1. The van der Waals surface area contributed by atoms with Crippen molar-refractivity contribution in [2.45, 2.75) is 11.5 Å². The maximum absolute atomic E-state index is 13.4. The molecule has 0 spiro atoms. The second-order valence-corrected chi connectivity index (χ2v) is 9.76. The molecule has 2 saturated heterocycles. The highest BCUT2D eigenvalue weighted by molar-refractivity contribution is 5.95. The summed E-state index contributed by atoms with van der Waals surface area (Å²) in [6.07, 6.45) is -0.944. The number of amides is 2. The van der Waals surface area contributed by atoms with E-state index in [2.05, 4.69) is 24.3 Å². The van der Waals surface area contributed by atoms with Crippen LogP contribution < -0.4 is 15.5 Å². The molecule has 0 radical (unpaired) electrons. The summed E-state index contributed by atoms with van der Waals surface area (Å²) in [6, 6.07) is 35.5. The highest BCUT2D eigenvalue weighted by Crippen LogP contribution is 2.46. The normalized spacial score (nSPS) is 17.8. The lowest BCUT2D eigenvalue weighted by atomic mass is 9.65. The van der Waals surface area contributed by atoms with Gasteiger partial charge in [-0.15, -0.1) is 0 Å². The van der Waals surface area contributed by atoms with Crippen LogP contribution in [-0.4, -0.2) is 44.4 Å². The van der Waals surface area contributed by atoms with E-state index in [1.54, 1.807) is 9.80 Å². The molecule has 4 aromatic carbocycles. The number of rotatable bonds is 6. The van der Waals surface area contributed by atoms with Crippen molar-refractivity contribution in [3.8, 4) is 0 Å². The summed E-state index contributed by atoms with van der Waals surface area (Å²) < 4.78 is 11.5. The lowest BCUT2D eigenvalue weighted by Gasteiger charge is -2.39. The predicted octanol–water partition coefficient (Wildman–Crippen LogP) is 4.99. The average Bonchev–Trinajstić information content (AvgIpc) is 3.37. The molecular formula is C32H29N3O4. The summed E-state index contributed by atoms with van der Waals surface area (Å²) in [5.41, 5.74) is 10.5. The lowest BCUT2D eigenvalue weighted by molar-refractivity contribution is -0.125. The molecule has 2 amide bonds. The van der Waals surface area contributed by atoms with E-state index in [1.807, 2.05) is 84.9 Å². The highest BCUT2D eigenvalue weighted by Gasteiger charge is 2.51. The number of carbonyl (C=O) groups is 2. The average molecular weight is 520 g/mol. The first-order valence-corrected chi connectivity index (χ1v) is 13.0. The fourth-order valence-corrected chi connectivity index (χ4v) is 5.71. The third-order valence-corrected chi connectivity index (χ3v) is 7.58. The number of carbonyl (C=O) groups excluding carboxylic acids is 2. The highest BCUT2D eigenvalue weighted by atomic mass is 16.6. The molecule has 6 rings (SSSR count). The maximum atomic E-state index is 13.4. The van der Waals surface area contributed by atoms with Gasteiger partial charge in [0.05, 0.1) is 18.6 Å². The summed E-state index contributed by atoms with van der Waals surface area (Å²) in [4.78, 5) is 29.1. The monoisotopic (exact) mass is 519 g/mol. The molecule has 0 aromatic heterocycles. The van der Waals surface area contributed by atoms with Crippen LogP contribution in [-0.2, 0) is 19.7 Å². The number of morpholine rings is 1. The van der Waals surface area contributed by atoms with Gasteiger partial charge in [0, 0.05) is 23.6 Å². The SMILES string of the molecule is Nc1ccc(C(c2ccccc2)(c2ccccc2)[C@H]2CN(c3ccc(N4CCOCC4=O)cc3)C(=O)O2)cc1. The molecule has 2 aliphatic heterocycles. The molecule has 7 nitrogen and oxygen atoms in total. The van der Waals surface area contributed by atoms with Crippen LogP contribution in [0.25, 0.3) is 0 Å². The first-order chi connectivity index (χ1) is 19.1. The number of cyclic esters (lactones) is 1. The van der Waals surface area contributed by atoms with Gasteiger partial charge in [-0.1, -0.05) is 72.8 Å². The van der Waals surface area contributed by atoms with Gasteiger partial charge in [0.2, 0.25) is 0 Å². The Balaban J connectivity index is 1.41. The van der Waals surface area contributed by atoms with Crippen molar-refractivity contribution < 1.29 is 19.1 Å². The van der Waals surface area contributed by atoms with E-state index in [1.165, 1.54) is 0 Å². The van der Waals surface area contributed by atoms with Crippen molar-refractivity contribution in [2.75, 3.05) is 41.8 Å². The zero-order valence-electron chi connectivity index (χ0n) is 21.4. The van der Waals surface area contributed by atoms with Crippen LogP contribution in [0.2, 0.25) is 0 Å². The van der Waals surface area contributed by atoms with Crippen LogP contribution in [0.5, 0.6) is 0 Å². The van der Waals surface area contributed by atoms with Gasteiger partial charge >= 0.3 is 6.09 Å². The van der Waals surface area contributed by atoms with Crippen molar-refractivity contribution in [1.82, 2.24) is 0 Å². The number of nitrogens with two attached hydrogens (primary N) is 1. The van der Waals surface area contributed by atoms with Crippen LogP contribution in [0, 0.1) is 0 Å². The van der Waals surface area contributed by atoms with Crippen molar-refractivity contribution in [3.63, 3.8) is 0 Å². The van der Waals surface area contributed by atoms with Crippen LogP contribution >= 0.6 is 0 Å². The molecule has 0 unspecified atom stereocenters. The van der Waals surface area contributed by atoms with Crippen molar-refractivity contribution in [1.29, 1.82) is 0 Å². The van der Waals surface area contributed by atoms with Crippen molar-refractivity contribution in [3.05, 3.63) is 126 Å². The molecule has 0 bridgehead atoms. The second-order valence-electron chi connectivity index (χ2n) is 9.76. The fraction of sp³-hybridized carbons (Fsp3) is 0.188. The molecule has 2 N–H and O–H groups in total. The first kappa shape index (κ1) is 24.7. The molecule has 2 fully saturated rings. The number of nitrogens with zero attached hydrogens (tertiary/aromatic N) is 2. The molecule has 196 valence electrons. The lowest BCUT2D eigenvalue weighted by Crippen LogP contribution is -2.44. The Bertz CT molecular complexity index is 1420. The molecule has 7 heteroatoms.